The standard InChI is InChI=1S/C15H20BrF2N3O3/c1-4-15(2,3)12(24-14(19)23)13(22)21-20-7-9-10(17)5-8(16)6-11(9)18/h5-6,12,20H,4,7H2,1-3H3,(H2,19,23)(H,21,22). The molecule has 9 heteroatoms. The topological polar surface area (TPSA) is 93.5 Å². The minimum Gasteiger partial charge on any atom is -0.436 e. The second-order valence-electron chi connectivity index (χ2n) is 5.85. The number of carbonyl (C=O) groups is 2. The fraction of sp³-hybridized carbons (Fsp3) is 0.467. The summed E-state index contributed by atoms with van der Waals surface area (Å²) in [5.74, 6) is -2.19. The molecular weight excluding hydrogens is 388 g/mol. The number of hydrazine groups is 1. The molecule has 4 N–H and O–H groups in total. The molecule has 0 aliphatic rings. The predicted molar refractivity (Wildman–Crippen MR) is 87.6 cm³/mol. The van der Waals surface area contributed by atoms with Crippen molar-refractivity contribution in [2.45, 2.75) is 39.8 Å². The van der Waals surface area contributed by atoms with Crippen LogP contribution < -0.4 is 16.6 Å². The third-order valence-corrected chi connectivity index (χ3v) is 4.13. The van der Waals surface area contributed by atoms with Gasteiger partial charge in [-0.3, -0.25) is 10.2 Å². The number of amides is 2. The summed E-state index contributed by atoms with van der Waals surface area (Å²) in [6, 6.07) is 2.22. The van der Waals surface area contributed by atoms with Gasteiger partial charge in [0.15, 0.2) is 6.10 Å². The third kappa shape index (κ3) is 5.41. The Labute approximate surface area is 147 Å². The highest BCUT2D eigenvalue weighted by Crippen LogP contribution is 2.27. The fourth-order valence-electron chi connectivity index (χ4n) is 1.90. The van der Waals surface area contributed by atoms with Crippen LogP contribution in [0.2, 0.25) is 0 Å². The van der Waals surface area contributed by atoms with Crippen LogP contribution in [0.1, 0.15) is 32.8 Å². The molecule has 1 aromatic carbocycles. The smallest absolute Gasteiger partial charge is 0.405 e. The summed E-state index contributed by atoms with van der Waals surface area (Å²) in [5.41, 5.74) is 8.79. The first kappa shape index (κ1) is 20.3. The van der Waals surface area contributed by atoms with Crippen LogP contribution in [0.4, 0.5) is 13.6 Å². The minimum atomic E-state index is -1.15. The summed E-state index contributed by atoms with van der Waals surface area (Å²) < 4.78 is 32.5. The number of hydrogen-bond donors (Lipinski definition) is 3. The van der Waals surface area contributed by atoms with Gasteiger partial charge in [-0.05, 0) is 18.6 Å². The van der Waals surface area contributed by atoms with Crippen LogP contribution in [-0.2, 0) is 16.1 Å². The molecule has 2 amide bonds. The maximum atomic E-state index is 13.7. The summed E-state index contributed by atoms with van der Waals surface area (Å²) >= 11 is 2.98. The normalized spacial score (nSPS) is 12.6. The first-order chi connectivity index (χ1) is 11.1. The van der Waals surface area contributed by atoms with E-state index in [9.17, 15) is 18.4 Å². The number of halogens is 3. The van der Waals surface area contributed by atoms with Crippen molar-refractivity contribution >= 4 is 27.9 Å². The Hall–Kier alpha value is -1.74. The van der Waals surface area contributed by atoms with Crippen molar-refractivity contribution in [2.75, 3.05) is 0 Å². The largest absolute Gasteiger partial charge is 0.436 e. The number of benzene rings is 1. The molecule has 0 aliphatic carbocycles. The number of nitrogens with two attached hydrogens (primary N) is 1. The van der Waals surface area contributed by atoms with E-state index in [0.29, 0.717) is 6.42 Å². The molecule has 0 fully saturated rings. The first-order valence-corrected chi connectivity index (χ1v) is 8.00. The highest BCUT2D eigenvalue weighted by atomic mass is 79.9. The maximum absolute atomic E-state index is 13.7. The van der Waals surface area contributed by atoms with E-state index in [4.69, 9.17) is 10.5 Å². The molecule has 0 radical (unpaired) electrons. The molecule has 0 spiro atoms. The lowest BCUT2D eigenvalue weighted by molar-refractivity contribution is -0.136. The van der Waals surface area contributed by atoms with Crippen molar-refractivity contribution in [1.82, 2.24) is 10.9 Å². The molecule has 0 heterocycles. The zero-order valence-corrected chi connectivity index (χ0v) is 15.2. The lowest BCUT2D eigenvalue weighted by Crippen LogP contribution is -2.51. The number of nitrogens with one attached hydrogen (secondary N) is 2. The van der Waals surface area contributed by atoms with E-state index in [1.807, 2.05) is 6.92 Å². The van der Waals surface area contributed by atoms with E-state index in [0.717, 1.165) is 12.1 Å². The van der Waals surface area contributed by atoms with Gasteiger partial charge in [-0.15, -0.1) is 0 Å². The summed E-state index contributed by atoms with van der Waals surface area (Å²) in [4.78, 5) is 23.2. The van der Waals surface area contributed by atoms with Crippen LogP contribution >= 0.6 is 15.9 Å². The van der Waals surface area contributed by atoms with Crippen molar-refractivity contribution in [3.05, 3.63) is 33.8 Å². The Morgan fingerprint density at radius 3 is 2.33 bits per heavy atom. The van der Waals surface area contributed by atoms with E-state index >= 15 is 0 Å². The van der Waals surface area contributed by atoms with Gasteiger partial charge in [0.25, 0.3) is 5.91 Å². The molecule has 1 atom stereocenters. The second kappa shape index (κ2) is 8.39. The lowest BCUT2D eigenvalue weighted by Gasteiger charge is -2.31. The molecule has 1 rings (SSSR count). The summed E-state index contributed by atoms with van der Waals surface area (Å²) in [7, 11) is 0. The van der Waals surface area contributed by atoms with E-state index in [-0.39, 0.29) is 16.6 Å². The monoisotopic (exact) mass is 407 g/mol. The van der Waals surface area contributed by atoms with Gasteiger partial charge in [-0.1, -0.05) is 36.7 Å². The van der Waals surface area contributed by atoms with Gasteiger partial charge >= 0.3 is 6.09 Å². The molecule has 0 bridgehead atoms. The maximum Gasteiger partial charge on any atom is 0.405 e. The quantitative estimate of drug-likeness (QED) is 0.605. The summed E-state index contributed by atoms with van der Waals surface area (Å²) in [6.07, 6.45) is -1.69. The van der Waals surface area contributed by atoms with Crippen molar-refractivity contribution < 1.29 is 23.1 Å². The van der Waals surface area contributed by atoms with Crippen LogP contribution in [0.5, 0.6) is 0 Å². The van der Waals surface area contributed by atoms with E-state index < -0.39 is 35.2 Å². The Bertz CT molecular complexity index is 603. The highest BCUT2D eigenvalue weighted by molar-refractivity contribution is 9.10. The van der Waals surface area contributed by atoms with Gasteiger partial charge in [-0.25, -0.2) is 19.0 Å². The van der Waals surface area contributed by atoms with Crippen LogP contribution in [0.3, 0.4) is 0 Å². The van der Waals surface area contributed by atoms with Gasteiger partial charge in [0.1, 0.15) is 11.6 Å². The van der Waals surface area contributed by atoms with Crippen LogP contribution in [0.25, 0.3) is 0 Å². The summed E-state index contributed by atoms with van der Waals surface area (Å²) in [6.45, 7) is 5.00. The van der Waals surface area contributed by atoms with Crippen molar-refractivity contribution in [2.24, 2.45) is 11.1 Å². The zero-order valence-electron chi connectivity index (χ0n) is 13.6. The molecule has 1 unspecified atom stereocenters. The molecule has 134 valence electrons. The van der Waals surface area contributed by atoms with Crippen LogP contribution in [0, 0.1) is 17.0 Å². The van der Waals surface area contributed by atoms with Crippen molar-refractivity contribution in [3.8, 4) is 0 Å². The molecule has 1 aromatic rings. The molecular formula is C15H20BrF2N3O3. The zero-order chi connectivity index (χ0) is 18.5. The Morgan fingerprint density at radius 2 is 1.88 bits per heavy atom. The van der Waals surface area contributed by atoms with Crippen molar-refractivity contribution in [1.29, 1.82) is 0 Å². The van der Waals surface area contributed by atoms with E-state index in [2.05, 4.69) is 26.8 Å². The minimum absolute atomic E-state index is 0.236. The fourth-order valence-corrected chi connectivity index (χ4v) is 2.30. The van der Waals surface area contributed by atoms with Gasteiger partial charge in [0.2, 0.25) is 0 Å². The first-order valence-electron chi connectivity index (χ1n) is 7.20. The average molecular weight is 408 g/mol. The lowest BCUT2D eigenvalue weighted by atomic mass is 9.83. The number of ether oxygens (including phenoxy) is 1. The number of hydrogen-bond acceptors (Lipinski definition) is 4. The molecule has 0 aliphatic heterocycles. The molecule has 0 aromatic heterocycles. The van der Waals surface area contributed by atoms with Gasteiger partial charge in [0, 0.05) is 22.0 Å². The highest BCUT2D eigenvalue weighted by Gasteiger charge is 2.37. The molecule has 0 saturated carbocycles. The number of carbonyl (C=O) groups excluding carboxylic acids is 2. The number of rotatable bonds is 7. The van der Waals surface area contributed by atoms with Crippen LogP contribution in [0.15, 0.2) is 16.6 Å². The van der Waals surface area contributed by atoms with Crippen LogP contribution in [-0.4, -0.2) is 18.1 Å². The SMILES string of the molecule is CCC(C)(C)C(OC(N)=O)C(=O)NNCc1c(F)cc(Br)cc1F. The van der Waals surface area contributed by atoms with E-state index in [1.165, 1.54) is 0 Å². The average Bonchev–Trinajstić information content (AvgIpc) is 2.46. The second-order valence-corrected chi connectivity index (χ2v) is 6.77. The van der Waals surface area contributed by atoms with Crippen molar-refractivity contribution in [3.63, 3.8) is 0 Å². The summed E-state index contributed by atoms with van der Waals surface area (Å²) in [5, 5.41) is 0. The van der Waals surface area contributed by atoms with Gasteiger partial charge in [-0.2, -0.15) is 0 Å². The van der Waals surface area contributed by atoms with Gasteiger partial charge in [0.05, 0.1) is 0 Å². The Balaban J connectivity index is 2.75. The molecule has 6 nitrogen and oxygen atoms in total. The number of primary amides is 1. The molecule has 0 saturated heterocycles. The van der Waals surface area contributed by atoms with E-state index in [1.54, 1.807) is 13.8 Å². The Kier molecular flexibility index (Phi) is 7.09. The predicted octanol–water partition coefficient (Wildman–Crippen LogP) is 2.75. The third-order valence-electron chi connectivity index (χ3n) is 3.68. The Morgan fingerprint density at radius 1 is 1.33 bits per heavy atom. The molecule has 24 heavy (non-hydrogen) atoms. The van der Waals surface area contributed by atoms with Gasteiger partial charge < -0.3 is 10.5 Å².